The van der Waals surface area contributed by atoms with Gasteiger partial charge in [0.1, 0.15) is 12.1 Å². The van der Waals surface area contributed by atoms with Crippen LogP contribution in [-0.4, -0.2) is 85.4 Å². The molecule has 1 saturated heterocycles. The molecule has 2 aliphatic rings. The Kier molecular flexibility index (Phi) is 10.5. The molecule has 3 rings (SSSR count). The molecule has 14 nitrogen and oxygen atoms in total. The number of aliphatic carboxylic acids is 1. The van der Waals surface area contributed by atoms with Crippen LogP contribution in [-0.2, 0) is 30.5 Å². The van der Waals surface area contributed by atoms with Gasteiger partial charge in [0.15, 0.2) is 5.82 Å². The second-order valence-corrected chi connectivity index (χ2v) is 10.4. The summed E-state index contributed by atoms with van der Waals surface area (Å²) < 4.78 is 0. The van der Waals surface area contributed by atoms with E-state index in [9.17, 15) is 24.0 Å². The summed E-state index contributed by atoms with van der Waals surface area (Å²) in [7, 11) is 0. The first kappa shape index (κ1) is 29.0. The van der Waals surface area contributed by atoms with Gasteiger partial charge in [-0.15, -0.1) is 10.2 Å². The van der Waals surface area contributed by atoms with Gasteiger partial charge in [-0.3, -0.25) is 24.0 Å². The lowest BCUT2D eigenvalue weighted by molar-refractivity contribution is -0.140. The number of nitrogens with zero attached hydrogens (tertiary/aromatic N) is 4. The Morgan fingerprint density at radius 2 is 1.79 bits per heavy atom. The van der Waals surface area contributed by atoms with Crippen molar-refractivity contribution in [3.05, 3.63) is 5.82 Å². The van der Waals surface area contributed by atoms with Crippen LogP contribution in [0.5, 0.6) is 0 Å². The molecule has 2 fully saturated rings. The Labute approximate surface area is 221 Å². The topological polar surface area (TPSA) is 199 Å². The molecule has 14 heteroatoms. The Morgan fingerprint density at radius 3 is 2.42 bits per heavy atom. The quantitative estimate of drug-likeness (QED) is 0.239. The summed E-state index contributed by atoms with van der Waals surface area (Å²) in [5.41, 5.74) is 0. The Hall–Kier alpha value is -3.58. The fraction of sp³-hybridized carbons (Fsp3) is 0.750. The van der Waals surface area contributed by atoms with E-state index in [0.29, 0.717) is 24.7 Å². The molecule has 0 radical (unpaired) electrons. The maximum atomic E-state index is 13.3. The third-order valence-electron chi connectivity index (χ3n) is 7.33. The third kappa shape index (κ3) is 8.21. The zero-order valence-electron chi connectivity index (χ0n) is 21.9. The van der Waals surface area contributed by atoms with Gasteiger partial charge in [-0.1, -0.05) is 51.2 Å². The van der Waals surface area contributed by atoms with Crippen LogP contribution in [0.4, 0.5) is 0 Å². The maximum Gasteiger partial charge on any atom is 0.303 e. The van der Waals surface area contributed by atoms with Gasteiger partial charge in [0, 0.05) is 13.0 Å². The molecule has 0 aromatic carbocycles. The summed E-state index contributed by atoms with van der Waals surface area (Å²) >= 11 is 0. The summed E-state index contributed by atoms with van der Waals surface area (Å²) in [5, 5.41) is 30.1. The fourth-order valence-corrected chi connectivity index (χ4v) is 5.26. The van der Waals surface area contributed by atoms with Gasteiger partial charge in [0.25, 0.3) is 0 Å². The van der Waals surface area contributed by atoms with Crippen LogP contribution in [0.1, 0.15) is 71.0 Å². The first-order valence-electron chi connectivity index (χ1n) is 13.2. The molecule has 0 bridgehead atoms. The lowest BCUT2D eigenvalue weighted by Crippen LogP contribution is -2.53. The number of tetrazole rings is 1. The highest BCUT2D eigenvalue weighted by Gasteiger charge is 2.42. The van der Waals surface area contributed by atoms with Crippen LogP contribution in [0, 0.1) is 17.8 Å². The van der Waals surface area contributed by atoms with E-state index in [2.05, 4.69) is 36.6 Å². The van der Waals surface area contributed by atoms with Gasteiger partial charge in [-0.05, 0) is 24.2 Å². The molecule has 5 N–H and O–H groups in total. The van der Waals surface area contributed by atoms with Gasteiger partial charge in [-0.2, -0.15) is 5.21 Å². The largest absolute Gasteiger partial charge is 0.481 e. The number of amides is 4. The van der Waals surface area contributed by atoms with E-state index in [4.69, 9.17) is 5.11 Å². The number of aromatic amines is 1. The van der Waals surface area contributed by atoms with E-state index in [1.807, 2.05) is 0 Å². The molecule has 38 heavy (non-hydrogen) atoms. The predicted octanol–water partition coefficient (Wildman–Crippen LogP) is -0.265. The summed E-state index contributed by atoms with van der Waals surface area (Å²) in [5.74, 6) is -2.19. The van der Waals surface area contributed by atoms with Gasteiger partial charge in [-0.25, -0.2) is 0 Å². The number of aromatic nitrogens is 4. The van der Waals surface area contributed by atoms with E-state index >= 15 is 0 Å². The van der Waals surface area contributed by atoms with Crippen molar-refractivity contribution in [2.45, 2.75) is 83.8 Å². The average molecular weight is 535 g/mol. The van der Waals surface area contributed by atoms with Crippen LogP contribution in [0.25, 0.3) is 0 Å². The number of carbonyl (C=O) groups is 5. The van der Waals surface area contributed by atoms with Gasteiger partial charge < -0.3 is 26.0 Å². The standard InChI is InChI=1S/C24H38N8O6/c1-14(2)22(27-19(33)8-9-21(35)36)24(38)26-12-20(34)32-13-16(15-6-4-3-5-7-15)10-17(32)23(37)25-11-18-28-30-31-29-18/h14-17,22H,3-13H2,1-2H3,(H,25,37)(H,26,38)(H,27,33)(H,35,36)(H,28,29,30,31)/t16-,17?,22+/m1/s1. The van der Waals surface area contributed by atoms with Crippen molar-refractivity contribution in [2.24, 2.45) is 17.8 Å². The Bertz CT molecular complexity index is 979. The molecule has 1 aliphatic carbocycles. The van der Waals surface area contributed by atoms with Crippen molar-refractivity contribution in [3.63, 3.8) is 0 Å². The number of carbonyl (C=O) groups excluding carboxylic acids is 4. The van der Waals surface area contributed by atoms with Crippen molar-refractivity contribution < 1.29 is 29.1 Å². The first-order chi connectivity index (χ1) is 18.2. The Balaban J connectivity index is 1.61. The second kappa shape index (κ2) is 13.8. The van der Waals surface area contributed by atoms with Crippen LogP contribution in [0.2, 0.25) is 0 Å². The minimum absolute atomic E-state index is 0.0797. The van der Waals surface area contributed by atoms with Crippen molar-refractivity contribution >= 4 is 29.6 Å². The van der Waals surface area contributed by atoms with Gasteiger partial charge >= 0.3 is 5.97 Å². The molecule has 0 spiro atoms. The summed E-state index contributed by atoms with van der Waals surface area (Å²) in [6.07, 6.45) is 5.62. The predicted molar refractivity (Wildman–Crippen MR) is 133 cm³/mol. The van der Waals surface area contributed by atoms with E-state index in [1.54, 1.807) is 18.7 Å². The minimum Gasteiger partial charge on any atom is -0.481 e. The summed E-state index contributed by atoms with van der Waals surface area (Å²) in [6, 6.07) is -1.60. The zero-order chi connectivity index (χ0) is 27.7. The van der Waals surface area contributed by atoms with Crippen molar-refractivity contribution in [1.82, 2.24) is 41.5 Å². The normalized spacial score (nSPS) is 20.7. The number of hydrogen-bond acceptors (Lipinski definition) is 8. The molecule has 1 unspecified atom stereocenters. The smallest absolute Gasteiger partial charge is 0.303 e. The number of rotatable bonds is 12. The van der Waals surface area contributed by atoms with Crippen LogP contribution in [0.15, 0.2) is 0 Å². The average Bonchev–Trinajstić information content (AvgIpc) is 3.58. The summed E-state index contributed by atoms with van der Waals surface area (Å²) in [6.45, 7) is 3.68. The molecule has 1 aliphatic heterocycles. The number of nitrogens with one attached hydrogen (secondary N) is 4. The van der Waals surface area contributed by atoms with Crippen molar-refractivity contribution in [1.29, 1.82) is 0 Å². The number of carboxylic acid groups (broad SMARTS) is 1. The molecular weight excluding hydrogens is 496 g/mol. The second-order valence-electron chi connectivity index (χ2n) is 10.4. The number of likely N-dealkylation sites (tertiary alicyclic amines) is 1. The highest BCUT2D eigenvalue weighted by Crippen LogP contribution is 2.37. The minimum atomic E-state index is -1.11. The molecule has 1 aromatic heterocycles. The number of hydrogen-bond donors (Lipinski definition) is 5. The van der Waals surface area contributed by atoms with Gasteiger partial charge in [0.2, 0.25) is 23.6 Å². The maximum absolute atomic E-state index is 13.3. The van der Waals surface area contributed by atoms with E-state index in [-0.39, 0.29) is 49.6 Å². The zero-order valence-corrected chi connectivity index (χ0v) is 21.9. The molecule has 2 heterocycles. The first-order valence-corrected chi connectivity index (χ1v) is 13.2. The van der Waals surface area contributed by atoms with Crippen LogP contribution < -0.4 is 16.0 Å². The van der Waals surface area contributed by atoms with Crippen molar-refractivity contribution in [3.8, 4) is 0 Å². The molecular formula is C24H38N8O6. The fourth-order valence-electron chi connectivity index (χ4n) is 5.26. The molecule has 3 atom stereocenters. The number of carboxylic acids is 1. The van der Waals surface area contributed by atoms with Gasteiger partial charge in [0.05, 0.1) is 19.5 Å². The van der Waals surface area contributed by atoms with E-state index < -0.39 is 29.9 Å². The third-order valence-corrected chi connectivity index (χ3v) is 7.33. The molecule has 210 valence electrons. The lowest BCUT2D eigenvalue weighted by Gasteiger charge is -2.27. The van der Waals surface area contributed by atoms with E-state index in [0.717, 1.165) is 25.7 Å². The SMILES string of the molecule is CC(C)[C@H](NC(=O)CCC(=O)O)C(=O)NCC(=O)N1C[C@H](C2CCCCC2)CC1C(=O)NCc1nn[nH]n1. The molecule has 4 amide bonds. The molecule has 1 aromatic rings. The highest BCUT2D eigenvalue weighted by molar-refractivity contribution is 5.93. The lowest BCUT2D eigenvalue weighted by atomic mass is 9.79. The highest BCUT2D eigenvalue weighted by atomic mass is 16.4. The van der Waals surface area contributed by atoms with Crippen molar-refractivity contribution in [2.75, 3.05) is 13.1 Å². The molecule has 1 saturated carbocycles. The Morgan fingerprint density at radius 1 is 1.05 bits per heavy atom. The van der Waals surface area contributed by atoms with Crippen LogP contribution >= 0.6 is 0 Å². The summed E-state index contributed by atoms with van der Waals surface area (Å²) in [4.78, 5) is 63.5. The van der Waals surface area contributed by atoms with Crippen LogP contribution in [0.3, 0.4) is 0 Å². The monoisotopic (exact) mass is 534 g/mol. The number of H-pyrrole nitrogens is 1. The van der Waals surface area contributed by atoms with E-state index in [1.165, 1.54) is 6.42 Å².